The second kappa shape index (κ2) is 6.95. The molecule has 0 aliphatic heterocycles. The number of hydrogen-bond acceptors (Lipinski definition) is 7. The lowest BCUT2D eigenvalue weighted by Crippen LogP contribution is -2.16. The third-order valence-electron chi connectivity index (χ3n) is 3.40. The fraction of sp³-hybridized carbons (Fsp3) is 0.500. The van der Waals surface area contributed by atoms with Crippen LogP contribution >= 0.6 is 11.8 Å². The number of thioether (sulfide) groups is 1. The first kappa shape index (κ1) is 17.2. The number of carbonyl (C=O) groups is 2. The second-order valence-corrected chi connectivity index (χ2v) is 6.36. The summed E-state index contributed by atoms with van der Waals surface area (Å²) >= 11 is 1.26. The molecule has 0 saturated heterocycles. The van der Waals surface area contributed by atoms with Crippen LogP contribution in [0.25, 0.3) is 0 Å². The quantitative estimate of drug-likeness (QED) is 0.486. The van der Waals surface area contributed by atoms with Crippen molar-refractivity contribution in [3.63, 3.8) is 0 Å². The summed E-state index contributed by atoms with van der Waals surface area (Å²) in [6.07, 6.45) is 0. The molecule has 0 fully saturated rings. The normalized spacial score (nSPS) is 12.2. The van der Waals surface area contributed by atoms with Gasteiger partial charge in [-0.05, 0) is 43.7 Å². The summed E-state index contributed by atoms with van der Waals surface area (Å²) in [4.78, 5) is 27.7. The minimum Gasteiger partial charge on any atom is -0.462 e. The Labute approximate surface area is 138 Å². The standard InChI is InChI=1S/C14H19N5O3S/c1-6-22-13(21)10-7(2)11(15-8(10)3)12(20)9(4)23-14-16-17-18-19(14)5/h9,15H,6H2,1-5H3. The lowest BCUT2D eigenvalue weighted by atomic mass is 10.1. The zero-order chi connectivity index (χ0) is 17.1. The molecule has 0 aliphatic rings. The smallest absolute Gasteiger partial charge is 0.340 e. The number of hydrogen-bond donors (Lipinski definition) is 1. The van der Waals surface area contributed by atoms with Crippen LogP contribution in [0, 0.1) is 13.8 Å². The monoisotopic (exact) mass is 337 g/mol. The maximum Gasteiger partial charge on any atom is 0.340 e. The minimum atomic E-state index is -0.421. The van der Waals surface area contributed by atoms with Crippen molar-refractivity contribution in [3.05, 3.63) is 22.5 Å². The predicted molar refractivity (Wildman–Crippen MR) is 84.7 cm³/mol. The van der Waals surface area contributed by atoms with Crippen molar-refractivity contribution < 1.29 is 14.3 Å². The molecule has 23 heavy (non-hydrogen) atoms. The molecule has 0 saturated carbocycles. The van der Waals surface area contributed by atoms with Gasteiger partial charge in [0.2, 0.25) is 5.16 Å². The molecular weight excluding hydrogens is 318 g/mol. The number of aryl methyl sites for hydroxylation is 2. The van der Waals surface area contributed by atoms with Gasteiger partial charge in [-0.2, -0.15) is 0 Å². The van der Waals surface area contributed by atoms with E-state index in [1.165, 1.54) is 16.4 Å². The number of nitrogens with zero attached hydrogens (tertiary/aromatic N) is 4. The molecule has 0 aliphatic carbocycles. The van der Waals surface area contributed by atoms with E-state index in [0.29, 0.717) is 27.7 Å². The summed E-state index contributed by atoms with van der Waals surface area (Å²) in [7, 11) is 1.71. The molecular formula is C14H19N5O3S. The van der Waals surface area contributed by atoms with E-state index >= 15 is 0 Å². The Bertz CT molecular complexity index is 737. The molecule has 0 spiro atoms. The first-order chi connectivity index (χ1) is 10.9. The van der Waals surface area contributed by atoms with Gasteiger partial charge in [0.15, 0.2) is 5.78 Å². The lowest BCUT2D eigenvalue weighted by Gasteiger charge is -2.08. The fourth-order valence-electron chi connectivity index (χ4n) is 2.24. The Morgan fingerprint density at radius 1 is 1.39 bits per heavy atom. The average Bonchev–Trinajstić information content (AvgIpc) is 3.02. The first-order valence-electron chi connectivity index (χ1n) is 7.16. The summed E-state index contributed by atoms with van der Waals surface area (Å²) < 4.78 is 6.54. The van der Waals surface area contributed by atoms with E-state index in [9.17, 15) is 9.59 Å². The van der Waals surface area contributed by atoms with Gasteiger partial charge in [0, 0.05) is 12.7 Å². The molecule has 2 aromatic rings. The minimum absolute atomic E-state index is 0.117. The predicted octanol–water partition coefficient (Wildman–Crippen LogP) is 1.70. The van der Waals surface area contributed by atoms with Crippen molar-refractivity contribution in [3.8, 4) is 0 Å². The van der Waals surface area contributed by atoms with Crippen LogP contribution in [0.3, 0.4) is 0 Å². The van der Waals surface area contributed by atoms with E-state index in [0.717, 1.165) is 0 Å². The maximum atomic E-state index is 12.7. The van der Waals surface area contributed by atoms with Gasteiger partial charge in [0.1, 0.15) is 0 Å². The zero-order valence-electron chi connectivity index (χ0n) is 13.7. The van der Waals surface area contributed by atoms with Gasteiger partial charge >= 0.3 is 5.97 Å². The molecule has 0 amide bonds. The number of tetrazole rings is 1. The highest BCUT2D eigenvalue weighted by Gasteiger charge is 2.27. The highest BCUT2D eigenvalue weighted by Crippen LogP contribution is 2.26. The van der Waals surface area contributed by atoms with Crippen LogP contribution < -0.4 is 0 Å². The molecule has 9 heteroatoms. The second-order valence-electron chi connectivity index (χ2n) is 5.05. The Morgan fingerprint density at radius 2 is 2.09 bits per heavy atom. The Kier molecular flexibility index (Phi) is 5.19. The number of carbonyl (C=O) groups excluding carboxylic acids is 2. The largest absolute Gasteiger partial charge is 0.462 e. The highest BCUT2D eigenvalue weighted by molar-refractivity contribution is 8.00. The SMILES string of the molecule is CCOC(=O)c1c(C)[nH]c(C(=O)C(C)Sc2nnnn2C)c1C. The van der Waals surface area contributed by atoms with Gasteiger partial charge in [-0.1, -0.05) is 11.8 Å². The van der Waals surface area contributed by atoms with Crippen LogP contribution in [0.2, 0.25) is 0 Å². The summed E-state index contributed by atoms with van der Waals surface area (Å²) in [5.74, 6) is -0.537. The van der Waals surface area contributed by atoms with Crippen molar-refractivity contribution >= 4 is 23.5 Å². The summed E-state index contributed by atoms with van der Waals surface area (Å²) in [6, 6.07) is 0. The molecule has 1 unspecified atom stereocenters. The topological polar surface area (TPSA) is 103 Å². The van der Waals surface area contributed by atoms with Gasteiger partial charge < -0.3 is 9.72 Å². The van der Waals surface area contributed by atoms with Crippen LogP contribution in [-0.2, 0) is 11.8 Å². The first-order valence-corrected chi connectivity index (χ1v) is 8.04. The number of ether oxygens (including phenoxy) is 1. The number of aromatic amines is 1. The number of esters is 1. The van der Waals surface area contributed by atoms with Crippen molar-refractivity contribution in [2.24, 2.45) is 7.05 Å². The van der Waals surface area contributed by atoms with Crippen LogP contribution in [0.4, 0.5) is 0 Å². The summed E-state index contributed by atoms with van der Waals surface area (Å²) in [6.45, 7) is 7.30. The van der Waals surface area contributed by atoms with E-state index in [1.54, 1.807) is 34.7 Å². The molecule has 1 N–H and O–H groups in total. The number of aromatic nitrogens is 5. The lowest BCUT2D eigenvalue weighted by molar-refractivity contribution is 0.0525. The van der Waals surface area contributed by atoms with E-state index in [2.05, 4.69) is 20.5 Å². The Morgan fingerprint density at radius 3 is 2.65 bits per heavy atom. The number of H-pyrrole nitrogens is 1. The number of nitrogens with one attached hydrogen (secondary N) is 1. The van der Waals surface area contributed by atoms with Crippen LogP contribution in [0.5, 0.6) is 0 Å². The third kappa shape index (κ3) is 3.44. The van der Waals surface area contributed by atoms with Gasteiger partial charge in [0.05, 0.1) is 23.1 Å². The molecule has 8 nitrogen and oxygen atoms in total. The molecule has 124 valence electrons. The summed E-state index contributed by atoms with van der Waals surface area (Å²) in [5, 5.41) is 11.3. The van der Waals surface area contributed by atoms with Crippen LogP contribution in [0.15, 0.2) is 5.16 Å². The number of Topliss-reactive ketones (excluding diaryl/α,β-unsaturated/α-hetero) is 1. The zero-order valence-corrected chi connectivity index (χ0v) is 14.5. The van der Waals surface area contributed by atoms with Gasteiger partial charge in [-0.3, -0.25) is 4.79 Å². The van der Waals surface area contributed by atoms with E-state index in [4.69, 9.17) is 4.74 Å². The van der Waals surface area contributed by atoms with Crippen molar-refractivity contribution in [2.45, 2.75) is 38.1 Å². The maximum absolute atomic E-state index is 12.7. The van der Waals surface area contributed by atoms with E-state index in [-0.39, 0.29) is 12.4 Å². The van der Waals surface area contributed by atoms with Crippen LogP contribution in [-0.4, -0.2) is 48.8 Å². The Balaban J connectivity index is 2.24. The number of rotatable bonds is 6. The van der Waals surface area contributed by atoms with E-state index < -0.39 is 11.2 Å². The highest BCUT2D eigenvalue weighted by atomic mass is 32.2. The molecule has 0 radical (unpaired) electrons. The molecule has 2 aromatic heterocycles. The fourth-order valence-corrected chi connectivity index (χ4v) is 3.06. The summed E-state index contributed by atoms with van der Waals surface area (Å²) in [5.41, 5.74) is 2.07. The van der Waals surface area contributed by atoms with Crippen molar-refractivity contribution in [1.29, 1.82) is 0 Å². The Hall–Kier alpha value is -2.16. The van der Waals surface area contributed by atoms with Gasteiger partial charge in [-0.25, -0.2) is 9.48 Å². The molecule has 2 heterocycles. The molecule has 1 atom stereocenters. The van der Waals surface area contributed by atoms with E-state index in [1.807, 2.05) is 0 Å². The van der Waals surface area contributed by atoms with Gasteiger partial charge in [0.25, 0.3) is 0 Å². The van der Waals surface area contributed by atoms with Crippen molar-refractivity contribution in [1.82, 2.24) is 25.2 Å². The average molecular weight is 337 g/mol. The molecule has 0 bridgehead atoms. The molecule has 0 aromatic carbocycles. The molecule has 2 rings (SSSR count). The van der Waals surface area contributed by atoms with Gasteiger partial charge in [-0.15, -0.1) is 5.10 Å². The third-order valence-corrected chi connectivity index (χ3v) is 4.52. The van der Waals surface area contributed by atoms with Crippen LogP contribution in [0.1, 0.15) is 46.0 Å². The van der Waals surface area contributed by atoms with Crippen molar-refractivity contribution in [2.75, 3.05) is 6.61 Å². The number of ketones is 1.